The Morgan fingerprint density at radius 2 is 1.70 bits per heavy atom. The second-order valence-electron chi connectivity index (χ2n) is 8.66. The minimum absolute atomic E-state index is 0.164. The van der Waals surface area contributed by atoms with E-state index in [2.05, 4.69) is 16.4 Å². The third-order valence-electron chi connectivity index (χ3n) is 6.37. The predicted molar refractivity (Wildman–Crippen MR) is 140 cm³/mol. The average Bonchev–Trinajstić information content (AvgIpc) is 3.39. The van der Waals surface area contributed by atoms with Gasteiger partial charge in [0.25, 0.3) is 5.91 Å². The summed E-state index contributed by atoms with van der Waals surface area (Å²) in [6.45, 7) is 0.366. The van der Waals surface area contributed by atoms with Crippen molar-refractivity contribution in [3.63, 3.8) is 0 Å². The van der Waals surface area contributed by atoms with Crippen molar-refractivity contribution in [3.8, 4) is 28.4 Å². The number of ketones is 1. The van der Waals surface area contributed by atoms with Gasteiger partial charge in [0, 0.05) is 35.5 Å². The predicted octanol–water partition coefficient (Wildman–Crippen LogP) is 4.73. The fourth-order valence-electron chi connectivity index (χ4n) is 4.44. The van der Waals surface area contributed by atoms with Crippen molar-refractivity contribution < 1.29 is 23.8 Å². The monoisotopic (exact) mass is 494 g/mol. The van der Waals surface area contributed by atoms with Crippen molar-refractivity contribution >= 4 is 11.7 Å². The standard InChI is InChI=1S/C30H26N2O5/c1-35-23-10-11-27(36-2)26(17-23)28(33)20-6-8-21(9-7-20)30(34)32-18-24-16-22-4-3-5-25(29(22)37-24)19-12-14-31-15-13-19/h3-15,17,24H,16,18H2,1-2H3,(H,32,34). The highest BCUT2D eigenvalue weighted by molar-refractivity contribution is 6.11. The summed E-state index contributed by atoms with van der Waals surface area (Å²) in [6, 6.07) is 21.6. The molecule has 0 saturated heterocycles. The maximum Gasteiger partial charge on any atom is 0.251 e. The van der Waals surface area contributed by atoms with Crippen molar-refractivity contribution in [1.82, 2.24) is 10.3 Å². The first-order valence-corrected chi connectivity index (χ1v) is 11.9. The molecule has 1 aromatic heterocycles. The molecular weight excluding hydrogens is 468 g/mol. The van der Waals surface area contributed by atoms with Crippen LogP contribution in [0.2, 0.25) is 0 Å². The lowest BCUT2D eigenvalue weighted by molar-refractivity contribution is 0.0932. The van der Waals surface area contributed by atoms with Gasteiger partial charge in [-0.25, -0.2) is 0 Å². The molecule has 1 N–H and O–H groups in total. The highest BCUT2D eigenvalue weighted by Crippen LogP contribution is 2.38. The Kier molecular flexibility index (Phi) is 6.85. The zero-order chi connectivity index (χ0) is 25.8. The molecule has 1 aliphatic heterocycles. The molecule has 1 amide bonds. The Hall–Kier alpha value is -4.65. The van der Waals surface area contributed by atoms with E-state index in [4.69, 9.17) is 14.2 Å². The fraction of sp³-hybridized carbons (Fsp3) is 0.167. The van der Waals surface area contributed by atoms with Crippen LogP contribution in [0.25, 0.3) is 11.1 Å². The van der Waals surface area contributed by atoms with E-state index in [0.29, 0.717) is 41.2 Å². The molecule has 0 fully saturated rings. The van der Waals surface area contributed by atoms with Gasteiger partial charge in [0.1, 0.15) is 23.4 Å². The van der Waals surface area contributed by atoms with Crippen molar-refractivity contribution in [3.05, 3.63) is 107 Å². The van der Waals surface area contributed by atoms with Crippen LogP contribution >= 0.6 is 0 Å². The first-order valence-electron chi connectivity index (χ1n) is 11.9. The molecule has 0 aliphatic carbocycles. The quantitative estimate of drug-likeness (QED) is 0.357. The number of hydrogen-bond donors (Lipinski definition) is 1. The van der Waals surface area contributed by atoms with Crippen molar-refractivity contribution in [2.24, 2.45) is 0 Å². The smallest absolute Gasteiger partial charge is 0.251 e. The van der Waals surface area contributed by atoms with Crippen LogP contribution in [0.3, 0.4) is 0 Å². The zero-order valence-electron chi connectivity index (χ0n) is 20.6. The van der Waals surface area contributed by atoms with Gasteiger partial charge in [-0.3, -0.25) is 14.6 Å². The summed E-state index contributed by atoms with van der Waals surface area (Å²) in [6.07, 6.45) is 4.06. The number of hydrogen-bond acceptors (Lipinski definition) is 6. The summed E-state index contributed by atoms with van der Waals surface area (Å²) in [5, 5.41) is 2.95. The largest absolute Gasteiger partial charge is 0.497 e. The van der Waals surface area contributed by atoms with Gasteiger partial charge < -0.3 is 19.5 Å². The number of pyridine rings is 1. The molecule has 1 unspecified atom stereocenters. The molecule has 4 aromatic rings. The molecule has 1 aliphatic rings. The molecular formula is C30H26N2O5. The maximum atomic E-state index is 13.1. The third-order valence-corrected chi connectivity index (χ3v) is 6.37. The average molecular weight is 495 g/mol. The highest BCUT2D eigenvalue weighted by atomic mass is 16.5. The van der Waals surface area contributed by atoms with E-state index in [1.54, 1.807) is 62.0 Å². The van der Waals surface area contributed by atoms with E-state index in [0.717, 1.165) is 22.4 Å². The van der Waals surface area contributed by atoms with E-state index in [1.807, 2.05) is 24.3 Å². The molecule has 0 saturated carbocycles. The first kappa shape index (κ1) is 24.1. The molecule has 1 atom stereocenters. The molecule has 0 bridgehead atoms. The molecule has 37 heavy (non-hydrogen) atoms. The number of fused-ring (bicyclic) bond motifs is 1. The number of para-hydroxylation sites is 1. The molecule has 0 spiro atoms. The zero-order valence-corrected chi connectivity index (χ0v) is 20.6. The molecule has 186 valence electrons. The number of rotatable bonds is 8. The first-order chi connectivity index (χ1) is 18.1. The summed E-state index contributed by atoms with van der Waals surface area (Å²) in [5.41, 5.74) is 4.47. The minimum atomic E-state index is -0.230. The number of methoxy groups -OCH3 is 2. The fourth-order valence-corrected chi connectivity index (χ4v) is 4.44. The van der Waals surface area contributed by atoms with Crippen LogP contribution in [0.15, 0.2) is 85.2 Å². The number of aromatic nitrogens is 1. The number of nitrogens with one attached hydrogen (secondary N) is 1. The van der Waals surface area contributed by atoms with Gasteiger partial charge in [-0.2, -0.15) is 0 Å². The van der Waals surface area contributed by atoms with E-state index in [9.17, 15) is 9.59 Å². The van der Waals surface area contributed by atoms with Crippen LogP contribution in [0.1, 0.15) is 31.8 Å². The Balaban J connectivity index is 1.23. The Morgan fingerprint density at radius 1 is 0.946 bits per heavy atom. The highest BCUT2D eigenvalue weighted by Gasteiger charge is 2.26. The van der Waals surface area contributed by atoms with Crippen LogP contribution in [0.5, 0.6) is 17.2 Å². The molecule has 7 heteroatoms. The van der Waals surface area contributed by atoms with Gasteiger partial charge >= 0.3 is 0 Å². The lowest BCUT2D eigenvalue weighted by Gasteiger charge is -2.14. The maximum absolute atomic E-state index is 13.1. The van der Waals surface area contributed by atoms with E-state index in [1.165, 1.54) is 7.11 Å². The number of ether oxygens (including phenoxy) is 3. The Labute approximate surface area is 215 Å². The molecule has 3 aromatic carbocycles. The third kappa shape index (κ3) is 5.02. The normalized spacial score (nSPS) is 13.8. The summed E-state index contributed by atoms with van der Waals surface area (Å²) < 4.78 is 16.8. The molecule has 5 rings (SSSR count). The van der Waals surface area contributed by atoms with Crippen molar-refractivity contribution in [1.29, 1.82) is 0 Å². The van der Waals surface area contributed by atoms with Crippen molar-refractivity contribution in [2.45, 2.75) is 12.5 Å². The van der Waals surface area contributed by atoms with Crippen LogP contribution in [0, 0.1) is 0 Å². The van der Waals surface area contributed by atoms with Gasteiger partial charge in [0.05, 0.1) is 26.3 Å². The second-order valence-corrected chi connectivity index (χ2v) is 8.66. The van der Waals surface area contributed by atoms with E-state index in [-0.39, 0.29) is 17.8 Å². The van der Waals surface area contributed by atoms with Gasteiger partial charge in [-0.05, 0) is 53.6 Å². The summed E-state index contributed by atoms with van der Waals surface area (Å²) >= 11 is 0. The second kappa shape index (κ2) is 10.5. The lowest BCUT2D eigenvalue weighted by Crippen LogP contribution is -2.34. The van der Waals surface area contributed by atoms with Crippen LogP contribution < -0.4 is 19.5 Å². The van der Waals surface area contributed by atoms with E-state index < -0.39 is 0 Å². The molecule has 7 nitrogen and oxygen atoms in total. The molecule has 2 heterocycles. The summed E-state index contributed by atoms with van der Waals surface area (Å²) in [7, 11) is 3.05. The number of nitrogens with zero attached hydrogens (tertiary/aromatic N) is 1. The lowest BCUT2D eigenvalue weighted by atomic mass is 10.0. The molecule has 0 radical (unpaired) electrons. The topological polar surface area (TPSA) is 86.8 Å². The Morgan fingerprint density at radius 3 is 2.43 bits per heavy atom. The van der Waals surface area contributed by atoms with Gasteiger partial charge in [-0.1, -0.05) is 30.3 Å². The Bertz CT molecular complexity index is 1430. The van der Waals surface area contributed by atoms with E-state index >= 15 is 0 Å². The number of carbonyl (C=O) groups excluding carboxylic acids is 2. The summed E-state index contributed by atoms with van der Waals surface area (Å²) in [5.74, 6) is 1.42. The summed E-state index contributed by atoms with van der Waals surface area (Å²) in [4.78, 5) is 29.9. The van der Waals surface area contributed by atoms with Gasteiger partial charge in [0.2, 0.25) is 0 Å². The van der Waals surface area contributed by atoms with Crippen molar-refractivity contribution in [2.75, 3.05) is 20.8 Å². The number of benzene rings is 3. The van der Waals surface area contributed by atoms with Crippen LogP contribution in [0.4, 0.5) is 0 Å². The SMILES string of the molecule is COc1ccc(OC)c(C(=O)c2ccc(C(=O)NCC3Cc4cccc(-c5ccncc5)c4O3)cc2)c1. The van der Waals surface area contributed by atoms with Gasteiger partial charge in [0.15, 0.2) is 5.78 Å². The van der Waals surface area contributed by atoms with Crippen LogP contribution in [-0.4, -0.2) is 43.5 Å². The van der Waals surface area contributed by atoms with Gasteiger partial charge in [-0.15, -0.1) is 0 Å². The number of amides is 1. The number of carbonyl (C=O) groups is 2. The minimum Gasteiger partial charge on any atom is -0.497 e. The van der Waals surface area contributed by atoms with Crippen LogP contribution in [-0.2, 0) is 6.42 Å².